The summed E-state index contributed by atoms with van der Waals surface area (Å²) in [4.78, 5) is 0. The lowest BCUT2D eigenvalue weighted by Gasteiger charge is -2.41. The topological polar surface area (TPSA) is 21.3 Å². The van der Waals surface area contributed by atoms with E-state index in [0.717, 1.165) is 25.0 Å². The fraction of sp³-hybridized carbons (Fsp3) is 1.00. The Hall–Kier alpha value is -0.0800. The molecule has 0 aromatic rings. The van der Waals surface area contributed by atoms with Gasteiger partial charge in [-0.25, -0.2) is 0 Å². The lowest BCUT2D eigenvalue weighted by molar-refractivity contribution is -0.0790. The van der Waals surface area contributed by atoms with E-state index in [2.05, 4.69) is 19.2 Å². The summed E-state index contributed by atoms with van der Waals surface area (Å²) < 4.78 is 5.99. The quantitative estimate of drug-likeness (QED) is 0.771. The Bertz CT molecular complexity index is 189. The van der Waals surface area contributed by atoms with Gasteiger partial charge in [-0.15, -0.1) is 0 Å². The van der Waals surface area contributed by atoms with Gasteiger partial charge in [0.05, 0.1) is 6.10 Å². The monoisotopic (exact) mass is 211 g/mol. The van der Waals surface area contributed by atoms with Crippen molar-refractivity contribution in [2.24, 2.45) is 11.8 Å². The highest BCUT2D eigenvalue weighted by Gasteiger charge is 2.35. The molecular weight excluding hydrogens is 186 g/mol. The molecule has 1 saturated carbocycles. The first-order valence-corrected chi connectivity index (χ1v) is 6.62. The van der Waals surface area contributed by atoms with E-state index < -0.39 is 0 Å². The Morgan fingerprint density at radius 2 is 2.00 bits per heavy atom. The van der Waals surface area contributed by atoms with Crippen molar-refractivity contribution in [3.05, 3.63) is 0 Å². The molecule has 0 bridgehead atoms. The van der Waals surface area contributed by atoms with E-state index in [1.165, 1.54) is 32.1 Å². The molecule has 2 aliphatic rings. The Morgan fingerprint density at radius 3 is 2.60 bits per heavy atom. The van der Waals surface area contributed by atoms with Crippen molar-refractivity contribution in [1.82, 2.24) is 5.32 Å². The van der Waals surface area contributed by atoms with E-state index in [9.17, 15) is 0 Å². The van der Waals surface area contributed by atoms with Gasteiger partial charge in [0, 0.05) is 19.2 Å². The van der Waals surface area contributed by atoms with Gasteiger partial charge in [0.25, 0.3) is 0 Å². The highest BCUT2D eigenvalue weighted by atomic mass is 16.5. The van der Waals surface area contributed by atoms with Gasteiger partial charge in [-0.1, -0.05) is 20.3 Å². The van der Waals surface area contributed by atoms with Crippen LogP contribution in [0, 0.1) is 11.8 Å². The molecule has 1 heterocycles. The molecule has 88 valence electrons. The van der Waals surface area contributed by atoms with Gasteiger partial charge < -0.3 is 10.1 Å². The molecule has 0 aromatic carbocycles. The van der Waals surface area contributed by atoms with Crippen LogP contribution in [0.15, 0.2) is 0 Å². The van der Waals surface area contributed by atoms with E-state index in [-0.39, 0.29) is 0 Å². The van der Waals surface area contributed by atoms with E-state index >= 15 is 0 Å². The second-order valence-electron chi connectivity index (χ2n) is 5.49. The summed E-state index contributed by atoms with van der Waals surface area (Å²) in [5, 5.41) is 3.57. The van der Waals surface area contributed by atoms with Crippen LogP contribution in [-0.4, -0.2) is 25.3 Å². The molecule has 0 radical (unpaired) electrons. The predicted molar refractivity (Wildman–Crippen MR) is 62.9 cm³/mol. The second-order valence-corrected chi connectivity index (χ2v) is 5.49. The third kappa shape index (κ3) is 2.94. The van der Waals surface area contributed by atoms with E-state index in [0.29, 0.717) is 12.1 Å². The van der Waals surface area contributed by atoms with Crippen LogP contribution in [0.4, 0.5) is 0 Å². The first kappa shape index (κ1) is 11.4. The smallest absolute Gasteiger partial charge is 0.0643 e. The Kier molecular flexibility index (Phi) is 4.04. The first-order chi connectivity index (χ1) is 7.27. The molecular formula is C13H25NO. The standard InChI is InChI=1S/C13H25NO/c1-10(2)14-9-12-7-4-8-15-13(12)11-5-3-6-11/h10-14H,3-9H2,1-2H3. The molecule has 15 heavy (non-hydrogen) atoms. The van der Waals surface area contributed by atoms with Crippen LogP contribution in [0.25, 0.3) is 0 Å². The average molecular weight is 211 g/mol. The zero-order valence-electron chi connectivity index (χ0n) is 10.2. The summed E-state index contributed by atoms with van der Waals surface area (Å²) in [5.74, 6) is 1.65. The zero-order chi connectivity index (χ0) is 10.7. The second kappa shape index (κ2) is 5.31. The van der Waals surface area contributed by atoms with Crippen molar-refractivity contribution in [1.29, 1.82) is 0 Å². The summed E-state index contributed by atoms with van der Waals surface area (Å²) in [6.07, 6.45) is 7.42. The van der Waals surface area contributed by atoms with Crippen LogP contribution in [0.5, 0.6) is 0 Å². The van der Waals surface area contributed by atoms with Gasteiger partial charge in [-0.05, 0) is 37.5 Å². The number of nitrogens with one attached hydrogen (secondary N) is 1. The van der Waals surface area contributed by atoms with Crippen molar-refractivity contribution in [3.63, 3.8) is 0 Å². The summed E-state index contributed by atoms with van der Waals surface area (Å²) in [7, 11) is 0. The largest absolute Gasteiger partial charge is 0.378 e. The molecule has 2 nitrogen and oxygen atoms in total. The van der Waals surface area contributed by atoms with Crippen molar-refractivity contribution in [3.8, 4) is 0 Å². The molecule has 2 fully saturated rings. The molecule has 0 amide bonds. The van der Waals surface area contributed by atoms with E-state index in [1.54, 1.807) is 0 Å². The third-order valence-corrected chi connectivity index (χ3v) is 3.90. The van der Waals surface area contributed by atoms with Crippen LogP contribution >= 0.6 is 0 Å². The SMILES string of the molecule is CC(C)NCC1CCCOC1C1CCC1. The number of hydrogen-bond donors (Lipinski definition) is 1. The third-order valence-electron chi connectivity index (χ3n) is 3.90. The van der Waals surface area contributed by atoms with E-state index in [4.69, 9.17) is 4.74 Å². The summed E-state index contributed by atoms with van der Waals surface area (Å²) >= 11 is 0. The van der Waals surface area contributed by atoms with Crippen molar-refractivity contribution >= 4 is 0 Å². The number of rotatable bonds is 4. The van der Waals surface area contributed by atoms with Crippen molar-refractivity contribution < 1.29 is 4.74 Å². The van der Waals surface area contributed by atoms with Gasteiger partial charge in [-0.3, -0.25) is 0 Å². The minimum absolute atomic E-state index is 0.568. The van der Waals surface area contributed by atoms with Crippen LogP contribution in [0.2, 0.25) is 0 Å². The van der Waals surface area contributed by atoms with E-state index in [1.807, 2.05) is 0 Å². The molecule has 2 heteroatoms. The fourth-order valence-corrected chi connectivity index (χ4v) is 2.76. The summed E-state index contributed by atoms with van der Waals surface area (Å²) in [5.41, 5.74) is 0. The molecule has 1 aliphatic carbocycles. The first-order valence-electron chi connectivity index (χ1n) is 6.62. The van der Waals surface area contributed by atoms with Gasteiger partial charge in [-0.2, -0.15) is 0 Å². The van der Waals surface area contributed by atoms with Crippen molar-refractivity contribution in [2.75, 3.05) is 13.2 Å². The van der Waals surface area contributed by atoms with Gasteiger partial charge in [0.15, 0.2) is 0 Å². The molecule has 1 aliphatic heterocycles. The Balaban J connectivity index is 1.82. The van der Waals surface area contributed by atoms with Crippen molar-refractivity contribution in [2.45, 2.75) is 58.1 Å². The summed E-state index contributed by atoms with van der Waals surface area (Å²) in [6.45, 7) is 6.60. The average Bonchev–Trinajstić information content (AvgIpc) is 2.14. The Labute approximate surface area is 93.8 Å². The highest BCUT2D eigenvalue weighted by molar-refractivity contribution is 4.86. The molecule has 1 N–H and O–H groups in total. The van der Waals surface area contributed by atoms with Crippen LogP contribution in [-0.2, 0) is 4.74 Å². The molecule has 0 spiro atoms. The van der Waals surface area contributed by atoms with Crippen LogP contribution in [0.3, 0.4) is 0 Å². The van der Waals surface area contributed by atoms with Crippen LogP contribution in [0.1, 0.15) is 46.0 Å². The minimum Gasteiger partial charge on any atom is -0.378 e. The molecule has 2 unspecified atom stereocenters. The van der Waals surface area contributed by atoms with Gasteiger partial charge in [0.2, 0.25) is 0 Å². The fourth-order valence-electron chi connectivity index (χ4n) is 2.76. The maximum atomic E-state index is 5.99. The molecule has 0 aromatic heterocycles. The normalized spacial score (nSPS) is 33.0. The zero-order valence-corrected chi connectivity index (χ0v) is 10.2. The number of ether oxygens (including phenoxy) is 1. The Morgan fingerprint density at radius 1 is 1.20 bits per heavy atom. The number of hydrogen-bond acceptors (Lipinski definition) is 2. The maximum Gasteiger partial charge on any atom is 0.0643 e. The van der Waals surface area contributed by atoms with Crippen LogP contribution < -0.4 is 5.32 Å². The van der Waals surface area contributed by atoms with Gasteiger partial charge in [0.1, 0.15) is 0 Å². The van der Waals surface area contributed by atoms with Gasteiger partial charge >= 0.3 is 0 Å². The lowest BCUT2D eigenvalue weighted by Crippen LogP contribution is -2.44. The molecule has 2 atom stereocenters. The predicted octanol–water partition coefficient (Wildman–Crippen LogP) is 2.58. The summed E-state index contributed by atoms with van der Waals surface area (Å²) in [6, 6.07) is 0.606. The minimum atomic E-state index is 0.568. The maximum absolute atomic E-state index is 5.99. The molecule has 2 rings (SSSR count). The highest BCUT2D eigenvalue weighted by Crippen LogP contribution is 2.37. The molecule has 1 saturated heterocycles. The lowest BCUT2D eigenvalue weighted by atomic mass is 9.74.